The van der Waals surface area contributed by atoms with Gasteiger partial charge in [-0.3, -0.25) is 0 Å². The fraction of sp³-hybridized carbons (Fsp3) is 0.100. The first kappa shape index (κ1) is 38.3. The van der Waals surface area contributed by atoms with E-state index in [-0.39, 0.29) is 10.8 Å². The van der Waals surface area contributed by atoms with Crippen molar-refractivity contribution in [2.45, 2.75) is 38.5 Å². The van der Waals surface area contributed by atoms with Gasteiger partial charge in [-0.25, -0.2) is 0 Å². The molecule has 0 radical (unpaired) electrons. The van der Waals surface area contributed by atoms with Gasteiger partial charge in [-0.05, 0) is 148 Å². The Morgan fingerprint density at radius 1 is 0.302 bits per heavy atom. The van der Waals surface area contributed by atoms with Crippen LogP contribution in [0, 0.1) is 0 Å². The highest BCUT2D eigenvalue weighted by molar-refractivity contribution is 5.91. The molecule has 0 fully saturated rings. The van der Waals surface area contributed by atoms with Gasteiger partial charge in [-0.1, -0.05) is 149 Å². The van der Waals surface area contributed by atoms with Gasteiger partial charge in [0, 0.05) is 50.6 Å². The second-order valence-electron chi connectivity index (χ2n) is 17.9. The lowest BCUT2D eigenvalue weighted by Gasteiger charge is -2.43. The third kappa shape index (κ3) is 6.43. The van der Waals surface area contributed by atoms with Gasteiger partial charge < -0.3 is 14.7 Å². The Labute approximate surface area is 371 Å². The lowest BCUT2D eigenvalue weighted by Crippen LogP contribution is -2.31. The number of benzene rings is 9. The van der Waals surface area contributed by atoms with Crippen LogP contribution in [0.1, 0.15) is 49.9 Å². The molecule has 63 heavy (non-hydrogen) atoms. The molecule has 304 valence electrons. The summed E-state index contributed by atoms with van der Waals surface area (Å²) in [4.78, 5) is 7.20. The zero-order valence-corrected chi connectivity index (χ0v) is 36.2. The van der Waals surface area contributed by atoms with Crippen LogP contribution < -0.4 is 14.7 Å². The Kier molecular flexibility index (Phi) is 9.17. The second kappa shape index (κ2) is 15.1. The summed E-state index contributed by atoms with van der Waals surface area (Å²) in [6.45, 7) is 9.48. The zero-order valence-electron chi connectivity index (χ0n) is 36.2. The average Bonchev–Trinajstić information content (AvgIpc) is 3.56. The minimum absolute atomic E-state index is 0.0548. The van der Waals surface area contributed by atoms with Crippen LogP contribution >= 0.6 is 0 Å². The quantitative estimate of drug-likeness (QED) is 0.151. The van der Waals surface area contributed by atoms with Gasteiger partial charge in [0.05, 0.1) is 11.4 Å². The largest absolute Gasteiger partial charge is 0.310 e. The molecule has 0 aromatic heterocycles. The van der Waals surface area contributed by atoms with Crippen LogP contribution in [-0.4, -0.2) is 0 Å². The van der Waals surface area contributed by atoms with Gasteiger partial charge >= 0.3 is 0 Å². The number of para-hydroxylation sites is 4. The SMILES string of the molecule is CC1(C)c2ccccc2-c2ccc(-c3ccc(N4c5ccc(N(c6ccccc6)c6ccccc6)cc5C(C)(C)c5cc(N(c6ccccc6)c6ccccc6)ccc54)cc3)cc21. The Morgan fingerprint density at radius 3 is 1.17 bits per heavy atom. The van der Waals surface area contributed by atoms with Crippen LogP contribution in [0.4, 0.5) is 51.2 Å². The summed E-state index contributed by atoms with van der Waals surface area (Å²) in [6.07, 6.45) is 0. The fourth-order valence-corrected chi connectivity index (χ4v) is 10.2. The van der Waals surface area contributed by atoms with Crippen LogP contribution in [-0.2, 0) is 10.8 Å². The minimum atomic E-state index is -0.361. The molecule has 1 heterocycles. The summed E-state index contributed by atoms with van der Waals surface area (Å²) in [5.41, 5.74) is 20.2. The van der Waals surface area contributed by atoms with Crippen LogP contribution in [0.15, 0.2) is 224 Å². The molecule has 0 amide bonds. The number of hydrogen-bond donors (Lipinski definition) is 0. The van der Waals surface area contributed by atoms with Gasteiger partial charge in [0.15, 0.2) is 0 Å². The number of rotatable bonds is 8. The predicted molar refractivity (Wildman–Crippen MR) is 266 cm³/mol. The van der Waals surface area contributed by atoms with Crippen LogP contribution in [0.3, 0.4) is 0 Å². The number of fused-ring (bicyclic) bond motifs is 5. The first-order valence-electron chi connectivity index (χ1n) is 22.0. The maximum atomic E-state index is 2.47. The van der Waals surface area contributed by atoms with E-state index in [0.717, 1.165) is 39.8 Å². The molecular formula is C60H49N3. The van der Waals surface area contributed by atoms with Gasteiger partial charge in [0.1, 0.15) is 0 Å². The fourth-order valence-electron chi connectivity index (χ4n) is 10.2. The number of nitrogens with zero attached hydrogens (tertiary/aromatic N) is 3. The molecule has 11 rings (SSSR count). The van der Waals surface area contributed by atoms with E-state index in [2.05, 4.69) is 267 Å². The highest BCUT2D eigenvalue weighted by Gasteiger charge is 2.39. The van der Waals surface area contributed by atoms with E-state index in [0.29, 0.717) is 0 Å². The predicted octanol–water partition coefficient (Wildman–Crippen LogP) is 16.7. The minimum Gasteiger partial charge on any atom is -0.310 e. The molecule has 0 N–H and O–H groups in total. The van der Waals surface area contributed by atoms with E-state index in [4.69, 9.17) is 0 Å². The van der Waals surface area contributed by atoms with Crippen molar-refractivity contribution < 1.29 is 0 Å². The topological polar surface area (TPSA) is 9.72 Å². The molecule has 0 spiro atoms. The van der Waals surface area contributed by atoms with Crippen molar-refractivity contribution in [2.24, 2.45) is 0 Å². The summed E-state index contributed by atoms with van der Waals surface area (Å²) < 4.78 is 0. The van der Waals surface area contributed by atoms with Crippen molar-refractivity contribution in [1.82, 2.24) is 0 Å². The molecular weight excluding hydrogens is 763 g/mol. The summed E-state index contributed by atoms with van der Waals surface area (Å²) in [7, 11) is 0. The van der Waals surface area contributed by atoms with E-state index in [1.54, 1.807) is 0 Å². The molecule has 0 unspecified atom stereocenters. The van der Waals surface area contributed by atoms with Crippen molar-refractivity contribution >= 4 is 51.2 Å². The molecule has 0 atom stereocenters. The summed E-state index contributed by atoms with van der Waals surface area (Å²) >= 11 is 0. The maximum Gasteiger partial charge on any atom is 0.0504 e. The third-order valence-electron chi connectivity index (χ3n) is 13.4. The van der Waals surface area contributed by atoms with E-state index in [1.807, 2.05) is 0 Å². The monoisotopic (exact) mass is 811 g/mol. The third-order valence-corrected chi connectivity index (χ3v) is 13.4. The van der Waals surface area contributed by atoms with Gasteiger partial charge in [-0.15, -0.1) is 0 Å². The smallest absolute Gasteiger partial charge is 0.0504 e. The van der Waals surface area contributed by atoms with Crippen LogP contribution in [0.5, 0.6) is 0 Å². The zero-order chi connectivity index (χ0) is 42.7. The van der Waals surface area contributed by atoms with Gasteiger partial charge in [0.2, 0.25) is 0 Å². The van der Waals surface area contributed by atoms with E-state index in [9.17, 15) is 0 Å². The molecule has 2 aliphatic rings. The van der Waals surface area contributed by atoms with Crippen LogP contribution in [0.2, 0.25) is 0 Å². The van der Waals surface area contributed by atoms with Crippen molar-refractivity contribution in [2.75, 3.05) is 14.7 Å². The first-order chi connectivity index (χ1) is 30.8. The number of anilines is 9. The van der Waals surface area contributed by atoms with Gasteiger partial charge in [-0.2, -0.15) is 0 Å². The summed E-state index contributed by atoms with van der Waals surface area (Å²) in [5, 5.41) is 0. The van der Waals surface area contributed by atoms with Crippen molar-refractivity contribution in [1.29, 1.82) is 0 Å². The molecule has 3 nitrogen and oxygen atoms in total. The van der Waals surface area contributed by atoms with E-state index >= 15 is 0 Å². The van der Waals surface area contributed by atoms with Crippen molar-refractivity contribution in [3.8, 4) is 22.3 Å². The molecule has 0 saturated carbocycles. The molecule has 0 bridgehead atoms. The molecule has 1 aliphatic carbocycles. The average molecular weight is 812 g/mol. The lowest BCUT2D eigenvalue weighted by atomic mass is 9.73. The lowest BCUT2D eigenvalue weighted by molar-refractivity contribution is 0.632. The molecule has 9 aromatic rings. The Hall–Kier alpha value is -7.62. The van der Waals surface area contributed by atoms with Crippen molar-refractivity contribution in [3.05, 3.63) is 247 Å². The van der Waals surface area contributed by atoms with E-state index < -0.39 is 0 Å². The summed E-state index contributed by atoms with van der Waals surface area (Å²) in [6, 6.07) is 81.9. The molecule has 9 aromatic carbocycles. The normalized spacial score (nSPS) is 13.9. The number of hydrogen-bond acceptors (Lipinski definition) is 3. The molecule has 3 heteroatoms. The highest BCUT2D eigenvalue weighted by Crippen LogP contribution is 2.55. The Bertz CT molecular complexity index is 2890. The van der Waals surface area contributed by atoms with Crippen molar-refractivity contribution in [3.63, 3.8) is 0 Å². The molecule has 0 saturated heterocycles. The standard InChI is InChI=1S/C60H49N3/c1-59(2)53-28-18-17-27-51(53)52-36-31-43(39-54(52)59)42-29-32-48(33-30-42)63-57-37-34-49(61(44-19-9-5-10-20-44)45-21-11-6-12-22-45)40-55(57)60(3,4)56-41-50(35-38-58(56)63)62(46-23-13-7-14-24-46)47-25-15-8-16-26-47/h5-41H,1-4H3. The maximum absolute atomic E-state index is 2.47. The molecule has 1 aliphatic heterocycles. The van der Waals surface area contributed by atoms with Crippen LogP contribution in [0.25, 0.3) is 22.3 Å². The summed E-state index contributed by atoms with van der Waals surface area (Å²) in [5.74, 6) is 0. The Balaban J connectivity index is 1.06. The highest BCUT2D eigenvalue weighted by atomic mass is 15.2. The first-order valence-corrected chi connectivity index (χ1v) is 22.0. The van der Waals surface area contributed by atoms with Gasteiger partial charge in [0.25, 0.3) is 0 Å². The van der Waals surface area contributed by atoms with E-state index in [1.165, 1.54) is 55.9 Å². The second-order valence-corrected chi connectivity index (χ2v) is 17.9. The Morgan fingerprint density at radius 2 is 0.698 bits per heavy atom.